The minimum absolute atomic E-state index is 0.0973. The highest BCUT2D eigenvalue weighted by Gasteiger charge is 2.49. The van der Waals surface area contributed by atoms with E-state index in [0.717, 1.165) is 42.4 Å². The van der Waals surface area contributed by atoms with Crippen molar-refractivity contribution in [2.24, 2.45) is 35.0 Å². The number of carbonyl (C=O) groups is 1. The molecule has 2 fully saturated rings. The Morgan fingerprint density at radius 1 is 1.21 bits per heavy atom. The molecule has 33 heavy (non-hydrogen) atoms. The van der Waals surface area contributed by atoms with E-state index in [1.165, 1.54) is 77.0 Å². The summed E-state index contributed by atoms with van der Waals surface area (Å²) in [7, 11) is 0. The number of allylic oxidation sites excluding steroid dienone is 2. The third kappa shape index (κ3) is 6.76. The number of ether oxygens (including phenoxy) is 1. The summed E-state index contributed by atoms with van der Waals surface area (Å²) in [4.78, 5) is 11.5. The van der Waals surface area contributed by atoms with E-state index in [0.29, 0.717) is 5.41 Å². The van der Waals surface area contributed by atoms with Crippen molar-refractivity contribution in [3.63, 3.8) is 0 Å². The number of hydrogen-bond donors (Lipinski definition) is 0. The molecule has 2 heteroatoms. The van der Waals surface area contributed by atoms with Gasteiger partial charge in [0.1, 0.15) is 6.10 Å². The fourth-order valence-corrected chi connectivity index (χ4v) is 7.55. The molecule has 0 radical (unpaired) electrons. The fourth-order valence-electron chi connectivity index (χ4n) is 7.55. The molecule has 2 unspecified atom stereocenters. The van der Waals surface area contributed by atoms with E-state index in [9.17, 15) is 4.79 Å². The van der Waals surface area contributed by atoms with Crippen molar-refractivity contribution in [1.29, 1.82) is 0 Å². The lowest BCUT2D eigenvalue weighted by Gasteiger charge is -2.52. The van der Waals surface area contributed by atoms with Gasteiger partial charge in [0.25, 0.3) is 0 Å². The number of carbonyl (C=O) groups excluding carboxylic acids is 1. The maximum absolute atomic E-state index is 11.5. The SMILES string of the molecule is C=C(CCCCC(C)C)[C@H]1CCC([C@@H]2CC=C3C[C@@H](OC(C)=O)CC[C@]3(C)C2CCCC)C1. The monoisotopic (exact) mass is 456 g/mol. The largest absolute Gasteiger partial charge is 0.462 e. The van der Waals surface area contributed by atoms with E-state index in [4.69, 9.17) is 4.74 Å². The van der Waals surface area contributed by atoms with Gasteiger partial charge in [-0.2, -0.15) is 0 Å². The normalized spacial score (nSPS) is 34.1. The summed E-state index contributed by atoms with van der Waals surface area (Å²) < 4.78 is 5.63. The van der Waals surface area contributed by atoms with Crippen molar-refractivity contribution in [1.82, 2.24) is 0 Å². The topological polar surface area (TPSA) is 26.3 Å². The number of hydrogen-bond acceptors (Lipinski definition) is 2. The van der Waals surface area contributed by atoms with Gasteiger partial charge in [-0.25, -0.2) is 0 Å². The molecule has 0 N–H and O–H groups in total. The quantitative estimate of drug-likeness (QED) is 0.176. The van der Waals surface area contributed by atoms with Crippen LogP contribution in [-0.2, 0) is 9.53 Å². The van der Waals surface area contributed by atoms with Crippen LogP contribution in [0.5, 0.6) is 0 Å². The summed E-state index contributed by atoms with van der Waals surface area (Å²) in [5.74, 6) is 3.95. The molecule has 0 heterocycles. The minimum atomic E-state index is -0.123. The lowest BCUT2D eigenvalue weighted by molar-refractivity contribution is -0.148. The molecular formula is C31H52O2. The van der Waals surface area contributed by atoms with Gasteiger partial charge >= 0.3 is 5.97 Å². The summed E-state index contributed by atoms with van der Waals surface area (Å²) in [5.41, 5.74) is 3.45. The van der Waals surface area contributed by atoms with Gasteiger partial charge in [-0.3, -0.25) is 4.79 Å². The summed E-state index contributed by atoms with van der Waals surface area (Å²) in [6.45, 7) is 15.7. The standard InChI is InChI=1S/C31H52O2/c1-7-8-13-30-29(17-16-27-21-28(33-24(5)32)18-19-31(27,30)6)26-15-14-25(20-26)23(4)12-10-9-11-22(2)3/h16,22,25-26,28-30H,4,7-15,17-21H2,1-3,5-6H3/t25-,26?,28-,29-,30?,31-/m0/s1. The van der Waals surface area contributed by atoms with Crippen molar-refractivity contribution in [2.75, 3.05) is 0 Å². The zero-order valence-electron chi connectivity index (χ0n) is 22.5. The molecule has 6 atom stereocenters. The van der Waals surface area contributed by atoms with Crippen LogP contribution in [0.1, 0.15) is 125 Å². The summed E-state index contributed by atoms with van der Waals surface area (Å²) in [6.07, 6.45) is 20.5. The Bertz CT molecular complexity index is 689. The molecule has 188 valence electrons. The smallest absolute Gasteiger partial charge is 0.302 e. The summed E-state index contributed by atoms with van der Waals surface area (Å²) >= 11 is 0. The van der Waals surface area contributed by atoms with Crippen LogP contribution in [0.2, 0.25) is 0 Å². The predicted octanol–water partition coefficient (Wildman–Crippen LogP) is 9.05. The van der Waals surface area contributed by atoms with Gasteiger partial charge in [0.15, 0.2) is 0 Å². The van der Waals surface area contributed by atoms with E-state index in [1.54, 1.807) is 18.1 Å². The second-order valence-electron chi connectivity index (χ2n) is 12.3. The van der Waals surface area contributed by atoms with Gasteiger partial charge < -0.3 is 4.74 Å². The van der Waals surface area contributed by atoms with Crippen LogP contribution < -0.4 is 0 Å². The zero-order chi connectivity index (χ0) is 24.0. The van der Waals surface area contributed by atoms with E-state index in [-0.39, 0.29) is 12.1 Å². The van der Waals surface area contributed by atoms with Crippen LogP contribution in [0.15, 0.2) is 23.8 Å². The fraction of sp³-hybridized carbons (Fsp3) is 0.839. The average Bonchev–Trinajstić information content (AvgIpc) is 3.25. The lowest BCUT2D eigenvalue weighted by Crippen LogP contribution is -2.44. The highest BCUT2D eigenvalue weighted by Crippen LogP contribution is 2.58. The van der Waals surface area contributed by atoms with Crippen molar-refractivity contribution < 1.29 is 9.53 Å². The predicted molar refractivity (Wildman–Crippen MR) is 140 cm³/mol. The molecule has 0 aromatic carbocycles. The van der Waals surface area contributed by atoms with E-state index in [2.05, 4.69) is 40.3 Å². The maximum atomic E-state index is 11.5. The van der Waals surface area contributed by atoms with Crippen LogP contribution >= 0.6 is 0 Å². The minimum Gasteiger partial charge on any atom is -0.462 e. The molecule has 0 saturated heterocycles. The Balaban J connectivity index is 1.64. The first-order valence-corrected chi connectivity index (χ1v) is 14.3. The Hall–Kier alpha value is -1.05. The Morgan fingerprint density at radius 3 is 2.70 bits per heavy atom. The van der Waals surface area contributed by atoms with Gasteiger partial charge in [0, 0.05) is 13.3 Å². The Kier molecular flexibility index (Phi) is 9.72. The van der Waals surface area contributed by atoms with Gasteiger partial charge in [-0.1, -0.05) is 77.2 Å². The number of rotatable bonds is 11. The molecular weight excluding hydrogens is 404 g/mol. The van der Waals surface area contributed by atoms with E-state index in [1.807, 2.05) is 0 Å². The van der Waals surface area contributed by atoms with Gasteiger partial charge in [0.2, 0.25) is 0 Å². The first-order valence-electron chi connectivity index (χ1n) is 14.3. The van der Waals surface area contributed by atoms with Crippen molar-refractivity contribution in [3.8, 4) is 0 Å². The molecule has 2 nitrogen and oxygen atoms in total. The molecule has 3 rings (SSSR count). The van der Waals surface area contributed by atoms with Crippen molar-refractivity contribution >= 4 is 5.97 Å². The van der Waals surface area contributed by atoms with Crippen molar-refractivity contribution in [2.45, 2.75) is 131 Å². The molecule has 3 aliphatic rings. The number of fused-ring (bicyclic) bond motifs is 1. The van der Waals surface area contributed by atoms with Crippen LogP contribution in [0.4, 0.5) is 0 Å². The number of esters is 1. The van der Waals surface area contributed by atoms with Crippen LogP contribution in [-0.4, -0.2) is 12.1 Å². The molecule has 0 spiro atoms. The molecule has 0 aromatic rings. The molecule has 0 bridgehead atoms. The van der Waals surface area contributed by atoms with Gasteiger partial charge in [-0.15, -0.1) is 0 Å². The summed E-state index contributed by atoms with van der Waals surface area (Å²) in [6, 6.07) is 0. The van der Waals surface area contributed by atoms with Crippen LogP contribution in [0.25, 0.3) is 0 Å². The molecule has 2 saturated carbocycles. The Labute approximate surface area is 205 Å². The highest BCUT2D eigenvalue weighted by atomic mass is 16.5. The lowest BCUT2D eigenvalue weighted by atomic mass is 9.53. The van der Waals surface area contributed by atoms with Gasteiger partial charge in [-0.05, 0) is 92.8 Å². The first-order chi connectivity index (χ1) is 15.7. The molecule has 0 aliphatic heterocycles. The van der Waals surface area contributed by atoms with Crippen LogP contribution in [0, 0.1) is 35.0 Å². The summed E-state index contributed by atoms with van der Waals surface area (Å²) in [5, 5.41) is 0. The average molecular weight is 457 g/mol. The highest BCUT2D eigenvalue weighted by molar-refractivity contribution is 5.66. The third-order valence-electron chi connectivity index (χ3n) is 9.53. The second kappa shape index (κ2) is 12.1. The molecule has 0 amide bonds. The van der Waals surface area contributed by atoms with Crippen molar-refractivity contribution in [3.05, 3.63) is 23.8 Å². The molecule has 0 aromatic heterocycles. The van der Waals surface area contributed by atoms with Crippen LogP contribution in [0.3, 0.4) is 0 Å². The van der Waals surface area contributed by atoms with Gasteiger partial charge in [0.05, 0.1) is 0 Å². The Morgan fingerprint density at radius 2 is 2.00 bits per heavy atom. The first kappa shape index (κ1) is 26.6. The van der Waals surface area contributed by atoms with E-state index >= 15 is 0 Å². The maximum Gasteiger partial charge on any atom is 0.302 e. The van der Waals surface area contributed by atoms with E-state index < -0.39 is 0 Å². The molecule has 3 aliphatic carbocycles. The zero-order valence-corrected chi connectivity index (χ0v) is 22.5. The third-order valence-corrected chi connectivity index (χ3v) is 9.53. The second-order valence-corrected chi connectivity index (χ2v) is 12.3. The number of unbranched alkanes of at least 4 members (excludes halogenated alkanes) is 2.